The smallest absolute Gasteiger partial charge is 0.408 e. The van der Waals surface area contributed by atoms with Crippen molar-refractivity contribution < 1.29 is 23.2 Å². The van der Waals surface area contributed by atoms with E-state index in [0.29, 0.717) is 29.8 Å². The highest BCUT2D eigenvalue weighted by Gasteiger charge is 2.27. The van der Waals surface area contributed by atoms with Crippen molar-refractivity contribution in [2.75, 3.05) is 33.2 Å². The number of aryl methyl sites for hydroxylation is 1. The van der Waals surface area contributed by atoms with E-state index in [-0.39, 0.29) is 29.5 Å². The van der Waals surface area contributed by atoms with E-state index < -0.39 is 29.4 Å². The highest BCUT2D eigenvalue weighted by molar-refractivity contribution is 6.00. The Kier molecular flexibility index (Phi) is 6.87. The number of amides is 3. The molecular weight excluding hydrogens is 511 g/mol. The van der Waals surface area contributed by atoms with Crippen LogP contribution < -0.4 is 16.4 Å². The monoisotopic (exact) mass is 538 g/mol. The predicted octanol–water partition coefficient (Wildman–Crippen LogP) is 0.136. The van der Waals surface area contributed by atoms with Gasteiger partial charge in [0.25, 0.3) is 11.8 Å². The molecule has 39 heavy (non-hydrogen) atoms. The number of piperazine rings is 1. The van der Waals surface area contributed by atoms with Gasteiger partial charge in [0.1, 0.15) is 17.4 Å². The lowest BCUT2D eigenvalue weighted by molar-refractivity contribution is -0.134. The second-order valence-corrected chi connectivity index (χ2v) is 9.49. The molecule has 0 unspecified atom stereocenters. The van der Waals surface area contributed by atoms with Crippen LogP contribution in [0, 0.1) is 5.82 Å². The SMILES string of the molecule is C[C@H](NC(=O)c1cc(C(=O)NCc2ccc3oc(=O)n(C)c3c2)nc2c(F)cnn12)C(=O)N1CCN(C)CC1. The first kappa shape index (κ1) is 26.0. The van der Waals surface area contributed by atoms with Gasteiger partial charge in [0.15, 0.2) is 17.0 Å². The Morgan fingerprint density at radius 1 is 1.10 bits per heavy atom. The van der Waals surface area contributed by atoms with Crippen molar-refractivity contribution in [3.05, 3.63) is 63.8 Å². The third-order valence-electron chi connectivity index (χ3n) is 6.74. The molecule has 3 amide bonds. The largest absolute Gasteiger partial charge is 0.419 e. The topological polar surface area (TPSA) is 147 Å². The van der Waals surface area contributed by atoms with E-state index in [2.05, 4.69) is 25.6 Å². The van der Waals surface area contributed by atoms with Crippen molar-refractivity contribution >= 4 is 34.5 Å². The molecule has 0 radical (unpaired) electrons. The molecule has 0 aliphatic carbocycles. The first-order chi connectivity index (χ1) is 18.6. The summed E-state index contributed by atoms with van der Waals surface area (Å²) >= 11 is 0. The molecule has 5 rings (SSSR count). The summed E-state index contributed by atoms with van der Waals surface area (Å²) < 4.78 is 21.9. The van der Waals surface area contributed by atoms with E-state index in [9.17, 15) is 23.6 Å². The van der Waals surface area contributed by atoms with E-state index in [0.717, 1.165) is 23.8 Å². The molecule has 204 valence electrons. The number of likely N-dealkylation sites (N-methyl/N-ethyl adjacent to an activating group) is 1. The Morgan fingerprint density at radius 2 is 1.85 bits per heavy atom. The van der Waals surface area contributed by atoms with E-state index in [1.54, 1.807) is 37.1 Å². The van der Waals surface area contributed by atoms with Crippen molar-refractivity contribution in [1.82, 2.24) is 39.6 Å². The first-order valence-electron chi connectivity index (χ1n) is 12.3. The lowest BCUT2D eigenvalue weighted by atomic mass is 10.2. The van der Waals surface area contributed by atoms with Crippen LogP contribution in [0.15, 0.2) is 39.7 Å². The van der Waals surface area contributed by atoms with Gasteiger partial charge in [-0.2, -0.15) is 5.10 Å². The zero-order chi connectivity index (χ0) is 27.8. The Morgan fingerprint density at radius 3 is 2.59 bits per heavy atom. The molecule has 1 aliphatic heterocycles. The molecule has 0 saturated carbocycles. The van der Waals surface area contributed by atoms with Gasteiger partial charge < -0.3 is 24.9 Å². The number of halogens is 1. The van der Waals surface area contributed by atoms with Crippen LogP contribution in [-0.4, -0.2) is 86.0 Å². The fraction of sp³-hybridized carbons (Fsp3) is 0.360. The van der Waals surface area contributed by atoms with Crippen molar-refractivity contribution in [1.29, 1.82) is 0 Å². The zero-order valence-electron chi connectivity index (χ0n) is 21.6. The van der Waals surface area contributed by atoms with Gasteiger partial charge in [-0.15, -0.1) is 0 Å². The Bertz CT molecular complexity index is 1650. The van der Waals surface area contributed by atoms with E-state index in [4.69, 9.17) is 4.42 Å². The van der Waals surface area contributed by atoms with Gasteiger partial charge in [0, 0.05) is 45.8 Å². The number of hydrogen-bond donors (Lipinski definition) is 2. The van der Waals surface area contributed by atoms with Crippen LogP contribution >= 0.6 is 0 Å². The normalized spacial score (nSPS) is 15.0. The average Bonchev–Trinajstić information content (AvgIpc) is 3.44. The maximum atomic E-state index is 14.4. The fourth-order valence-corrected chi connectivity index (χ4v) is 4.40. The number of aromatic nitrogens is 4. The molecule has 13 nitrogen and oxygen atoms in total. The molecule has 2 N–H and O–H groups in total. The minimum absolute atomic E-state index is 0.0703. The second-order valence-electron chi connectivity index (χ2n) is 9.49. The van der Waals surface area contributed by atoms with Crippen molar-refractivity contribution in [2.24, 2.45) is 7.05 Å². The summed E-state index contributed by atoms with van der Waals surface area (Å²) in [5.41, 5.74) is 0.992. The Balaban J connectivity index is 1.34. The standard InChI is InChI=1S/C25H27FN8O5/c1-14(24(37)33-8-6-31(2)7-9-33)29-23(36)19-11-17(30-21-16(26)13-28-34(19)21)22(35)27-12-15-4-5-20-18(10-15)32(3)25(38)39-20/h4-5,10-11,13-14H,6-9,12H2,1-3H3,(H,27,35)(H,29,36)/t14-/m0/s1. The molecule has 0 spiro atoms. The summed E-state index contributed by atoms with van der Waals surface area (Å²) in [7, 11) is 3.54. The van der Waals surface area contributed by atoms with Gasteiger partial charge in [-0.05, 0) is 31.7 Å². The Hall–Kier alpha value is -4.59. The van der Waals surface area contributed by atoms with E-state index in [1.807, 2.05) is 7.05 Å². The summed E-state index contributed by atoms with van der Waals surface area (Å²) in [5, 5.41) is 9.19. The molecule has 3 aromatic heterocycles. The number of fused-ring (bicyclic) bond motifs is 2. The number of hydrogen-bond acceptors (Lipinski definition) is 8. The van der Waals surface area contributed by atoms with E-state index in [1.165, 1.54) is 10.6 Å². The number of carbonyl (C=O) groups is 3. The van der Waals surface area contributed by atoms with Crippen LogP contribution in [0.4, 0.5) is 4.39 Å². The van der Waals surface area contributed by atoms with Gasteiger partial charge >= 0.3 is 5.76 Å². The van der Waals surface area contributed by atoms with Gasteiger partial charge in [0.2, 0.25) is 5.91 Å². The highest BCUT2D eigenvalue weighted by atomic mass is 19.1. The number of nitrogens with zero attached hydrogens (tertiary/aromatic N) is 6. The quantitative estimate of drug-likeness (QED) is 0.352. The number of oxazole rings is 1. The maximum absolute atomic E-state index is 14.4. The number of benzene rings is 1. The van der Waals surface area contributed by atoms with Crippen molar-refractivity contribution in [2.45, 2.75) is 19.5 Å². The zero-order valence-corrected chi connectivity index (χ0v) is 21.6. The lowest BCUT2D eigenvalue weighted by Crippen LogP contribution is -2.53. The van der Waals surface area contributed by atoms with Crippen LogP contribution in [0.2, 0.25) is 0 Å². The summed E-state index contributed by atoms with van der Waals surface area (Å²) in [6, 6.07) is 5.36. The highest BCUT2D eigenvalue weighted by Crippen LogP contribution is 2.15. The van der Waals surface area contributed by atoms with E-state index >= 15 is 0 Å². The number of nitrogens with one attached hydrogen (secondary N) is 2. The summed E-state index contributed by atoms with van der Waals surface area (Å²) in [5.74, 6) is -2.92. The molecular formula is C25H27FN8O5. The number of carbonyl (C=O) groups excluding carboxylic acids is 3. The minimum atomic E-state index is -0.851. The van der Waals surface area contributed by atoms with Gasteiger partial charge in [-0.1, -0.05) is 6.07 Å². The molecule has 1 saturated heterocycles. The maximum Gasteiger partial charge on any atom is 0.419 e. The molecule has 1 fully saturated rings. The van der Waals surface area contributed by atoms with Crippen LogP contribution in [-0.2, 0) is 18.4 Å². The molecule has 1 aliphatic rings. The lowest BCUT2D eigenvalue weighted by Gasteiger charge is -2.34. The van der Waals surface area contributed by atoms with Crippen LogP contribution in [0.5, 0.6) is 0 Å². The van der Waals surface area contributed by atoms with Gasteiger partial charge in [-0.3, -0.25) is 19.0 Å². The number of rotatable bonds is 6. The van der Waals surface area contributed by atoms with Crippen LogP contribution in [0.25, 0.3) is 16.7 Å². The van der Waals surface area contributed by atoms with Crippen LogP contribution in [0.1, 0.15) is 33.5 Å². The second kappa shape index (κ2) is 10.3. The van der Waals surface area contributed by atoms with Crippen LogP contribution in [0.3, 0.4) is 0 Å². The fourth-order valence-electron chi connectivity index (χ4n) is 4.40. The van der Waals surface area contributed by atoms with Gasteiger partial charge in [-0.25, -0.2) is 18.7 Å². The molecule has 1 atom stereocenters. The first-order valence-corrected chi connectivity index (χ1v) is 12.3. The third kappa shape index (κ3) is 5.10. The molecule has 4 aromatic rings. The Labute approximate surface area is 221 Å². The van der Waals surface area contributed by atoms with Crippen molar-refractivity contribution in [3.63, 3.8) is 0 Å². The third-order valence-corrected chi connectivity index (χ3v) is 6.74. The summed E-state index contributed by atoms with van der Waals surface area (Å²) in [6.07, 6.45) is 0.893. The molecule has 4 heterocycles. The molecule has 1 aromatic carbocycles. The minimum Gasteiger partial charge on any atom is -0.408 e. The van der Waals surface area contributed by atoms with Crippen molar-refractivity contribution in [3.8, 4) is 0 Å². The molecule has 14 heteroatoms. The average molecular weight is 539 g/mol. The van der Waals surface area contributed by atoms with Gasteiger partial charge in [0.05, 0.1) is 11.7 Å². The molecule has 0 bridgehead atoms. The summed E-state index contributed by atoms with van der Waals surface area (Å²) in [4.78, 5) is 58.5. The predicted molar refractivity (Wildman–Crippen MR) is 137 cm³/mol. The summed E-state index contributed by atoms with van der Waals surface area (Å²) in [6.45, 7) is 4.20.